The molecule has 0 fully saturated rings. The number of benzene rings is 1. The van der Waals surface area contributed by atoms with Crippen molar-refractivity contribution in [2.45, 2.75) is 13.8 Å². The van der Waals surface area contributed by atoms with Crippen molar-refractivity contribution in [1.82, 2.24) is 9.36 Å². The lowest BCUT2D eigenvalue weighted by atomic mass is 10.0. The van der Waals surface area contributed by atoms with Crippen LogP contribution in [-0.2, 0) is 7.05 Å². The highest BCUT2D eigenvalue weighted by atomic mass is 35.7. The molecule has 0 saturated heterocycles. The molecule has 0 atom stereocenters. The summed E-state index contributed by atoms with van der Waals surface area (Å²) in [5.41, 5.74) is 11.3. The number of halogens is 1. The zero-order valence-corrected chi connectivity index (χ0v) is 18.6. The Kier molecular flexibility index (Phi) is 7.37. The van der Waals surface area contributed by atoms with Gasteiger partial charge in [-0.15, -0.1) is 10.2 Å². The van der Waals surface area contributed by atoms with Crippen molar-refractivity contribution < 1.29 is 33.5 Å². The van der Waals surface area contributed by atoms with Crippen LogP contribution >= 0.6 is 0 Å². The fourth-order valence-electron chi connectivity index (χ4n) is 3.08. The largest absolute Gasteiger partial charge is 0.397 e. The molecule has 1 aromatic heterocycles. The van der Waals surface area contributed by atoms with E-state index in [1.165, 1.54) is 0 Å². The van der Waals surface area contributed by atoms with E-state index >= 15 is 0 Å². The number of nitrogens with zero attached hydrogens (tertiary/aromatic N) is 4. The Morgan fingerprint density at radius 3 is 2.10 bits per heavy atom. The van der Waals surface area contributed by atoms with Crippen LogP contribution in [0.3, 0.4) is 0 Å². The Balaban J connectivity index is 0.000000614. The summed E-state index contributed by atoms with van der Waals surface area (Å²) in [5.74, 6) is 0. The van der Waals surface area contributed by atoms with E-state index in [4.69, 9.17) is 24.4 Å². The molecule has 31 heavy (non-hydrogen) atoms. The maximum atomic E-state index is 13.0. The molecule has 11 heteroatoms. The molecule has 0 radical (unpaired) electrons. The number of nitrogens with two attached hydrogens (primary N) is 1. The fourth-order valence-corrected chi connectivity index (χ4v) is 3.08. The predicted octanol–water partition coefficient (Wildman–Crippen LogP) is -2.68. The Hall–Kier alpha value is -3.02. The third kappa shape index (κ3) is 6.00. The Morgan fingerprint density at radius 2 is 1.58 bits per heavy atom. The van der Waals surface area contributed by atoms with Gasteiger partial charge in [0.1, 0.15) is 14.1 Å². The van der Waals surface area contributed by atoms with E-state index in [1.807, 2.05) is 86.7 Å². The molecule has 0 saturated carbocycles. The van der Waals surface area contributed by atoms with Gasteiger partial charge in [0.2, 0.25) is 5.71 Å². The van der Waals surface area contributed by atoms with Gasteiger partial charge in [-0.05, 0) is 32.1 Å². The normalized spacial score (nSPS) is 15.3. The lowest BCUT2D eigenvalue weighted by Crippen LogP contribution is -2.68. The first-order valence-electron chi connectivity index (χ1n) is 9.06. The van der Waals surface area contributed by atoms with Crippen molar-refractivity contribution in [2.75, 3.05) is 14.1 Å². The van der Waals surface area contributed by atoms with Gasteiger partial charge in [0.15, 0.2) is 5.69 Å². The smallest absolute Gasteiger partial charge is 0.297 e. The summed E-state index contributed by atoms with van der Waals surface area (Å²) in [5, 5.41) is 0. The van der Waals surface area contributed by atoms with Crippen LogP contribution in [0.5, 0.6) is 0 Å². The molecule has 0 unspecified atom stereocenters. The quantitative estimate of drug-likeness (QED) is 0.388. The van der Waals surface area contributed by atoms with E-state index in [9.17, 15) is 4.79 Å². The van der Waals surface area contributed by atoms with E-state index in [1.54, 1.807) is 4.68 Å². The SMILES string of the molecule is CC1=C/C(=N\c2c(C)n(C)n(-c3ccccc3)c2=O)C(N)=CC1=[N+](C)C.[O-][Cl+3]([O-])([O-])[O-]. The van der Waals surface area contributed by atoms with Crippen molar-refractivity contribution in [1.29, 1.82) is 0 Å². The Bertz CT molecular complexity index is 1140. The molecule has 1 aliphatic carbocycles. The fraction of sp³-hybridized carbons (Fsp3) is 0.250. The average molecular weight is 450 g/mol. The van der Waals surface area contributed by atoms with Gasteiger partial charge in [0, 0.05) is 18.7 Å². The monoisotopic (exact) mass is 449 g/mol. The molecule has 2 N–H and O–H groups in total. The van der Waals surface area contributed by atoms with Crippen LogP contribution in [0.15, 0.2) is 63.5 Å². The van der Waals surface area contributed by atoms with Gasteiger partial charge in [-0.3, -0.25) is 9.48 Å². The van der Waals surface area contributed by atoms with Crippen molar-refractivity contribution >= 4 is 17.1 Å². The van der Waals surface area contributed by atoms with Crippen molar-refractivity contribution in [3.05, 3.63) is 69.8 Å². The third-order valence-corrected chi connectivity index (χ3v) is 4.58. The average Bonchev–Trinajstić information content (AvgIpc) is 2.87. The summed E-state index contributed by atoms with van der Waals surface area (Å²) >= 11 is 0. The molecular weight excluding hydrogens is 426 g/mol. The highest BCUT2D eigenvalue weighted by molar-refractivity contribution is 6.22. The molecule has 0 amide bonds. The van der Waals surface area contributed by atoms with E-state index in [2.05, 4.69) is 4.99 Å². The summed E-state index contributed by atoms with van der Waals surface area (Å²) in [4.78, 5) is 17.6. The van der Waals surface area contributed by atoms with Crippen LogP contribution < -0.4 is 29.9 Å². The number of aliphatic imine (C=N–C) groups is 1. The van der Waals surface area contributed by atoms with Crippen LogP contribution in [0.4, 0.5) is 5.69 Å². The Morgan fingerprint density at radius 1 is 1.03 bits per heavy atom. The maximum Gasteiger partial charge on any atom is 0.297 e. The van der Waals surface area contributed by atoms with E-state index in [0.29, 0.717) is 17.1 Å². The molecule has 3 rings (SSSR count). The van der Waals surface area contributed by atoms with Gasteiger partial charge in [-0.1, -0.05) is 18.2 Å². The summed E-state index contributed by atoms with van der Waals surface area (Å²) in [7, 11) is 0.851. The molecule has 0 bridgehead atoms. The lowest BCUT2D eigenvalue weighted by molar-refractivity contribution is -2.00. The summed E-state index contributed by atoms with van der Waals surface area (Å²) in [6.07, 6.45) is 3.81. The predicted molar refractivity (Wildman–Crippen MR) is 106 cm³/mol. The first kappa shape index (κ1) is 24.3. The second-order valence-electron chi connectivity index (χ2n) is 6.99. The topological polar surface area (TPSA) is 161 Å². The summed E-state index contributed by atoms with van der Waals surface area (Å²) < 4.78 is 39.4. The molecule has 1 aliphatic rings. The standard InChI is InChI=1S/C20H23N5O.ClHO4/c1-13-11-17(16(21)12-18(13)23(3)4)22-19-14(2)24(5)25(20(19)26)15-9-7-6-8-10-15;2-1(3,4)5/h6-12,21H,1-5H3;(H,2,3,4,5)/b22-17+;. The second kappa shape index (κ2) is 9.41. The van der Waals surface area contributed by atoms with Crippen LogP contribution in [0.1, 0.15) is 12.6 Å². The zero-order valence-electron chi connectivity index (χ0n) is 17.8. The first-order valence-corrected chi connectivity index (χ1v) is 10.3. The molecule has 166 valence electrons. The van der Waals surface area contributed by atoms with E-state index < -0.39 is 10.2 Å². The van der Waals surface area contributed by atoms with Crippen molar-refractivity contribution in [2.24, 2.45) is 17.8 Å². The van der Waals surface area contributed by atoms with Crippen LogP contribution in [0.25, 0.3) is 5.69 Å². The first-order chi connectivity index (χ1) is 14.3. The van der Waals surface area contributed by atoms with Crippen molar-refractivity contribution in [3.63, 3.8) is 0 Å². The minimum atomic E-state index is -4.94. The minimum Gasteiger partial charge on any atom is -0.397 e. The molecule has 0 spiro atoms. The summed E-state index contributed by atoms with van der Waals surface area (Å²) in [6, 6.07) is 9.53. The number of hydrogen-bond donors (Lipinski definition) is 1. The van der Waals surface area contributed by atoms with Gasteiger partial charge in [-0.2, -0.15) is 0 Å². The highest BCUT2D eigenvalue weighted by Crippen LogP contribution is 2.19. The minimum absolute atomic E-state index is 0.162. The van der Waals surface area contributed by atoms with Crippen LogP contribution in [0.2, 0.25) is 0 Å². The second-order valence-corrected chi connectivity index (χ2v) is 7.75. The highest BCUT2D eigenvalue weighted by Gasteiger charge is 2.20. The molecule has 1 aromatic carbocycles. The number of aromatic nitrogens is 2. The number of rotatable bonds is 2. The molecule has 2 aromatic rings. The number of hydrogen-bond acceptors (Lipinski definition) is 7. The number of para-hydroxylation sites is 1. The third-order valence-electron chi connectivity index (χ3n) is 4.58. The summed E-state index contributed by atoms with van der Waals surface area (Å²) in [6.45, 7) is 3.89. The van der Waals surface area contributed by atoms with Crippen LogP contribution in [-0.4, -0.2) is 39.5 Å². The maximum absolute atomic E-state index is 13.0. The van der Waals surface area contributed by atoms with E-state index in [0.717, 1.165) is 22.7 Å². The van der Waals surface area contributed by atoms with Gasteiger partial charge >= 0.3 is 0 Å². The molecule has 0 aliphatic heterocycles. The molecule has 1 heterocycles. The lowest BCUT2D eigenvalue weighted by Gasteiger charge is -2.17. The number of allylic oxidation sites excluding steroid dienone is 3. The van der Waals surface area contributed by atoms with Gasteiger partial charge < -0.3 is 5.73 Å². The van der Waals surface area contributed by atoms with Gasteiger partial charge in [0.05, 0.1) is 22.8 Å². The zero-order chi connectivity index (χ0) is 23.5. The van der Waals surface area contributed by atoms with Crippen molar-refractivity contribution in [3.8, 4) is 5.69 Å². The van der Waals surface area contributed by atoms with Gasteiger partial charge in [0.25, 0.3) is 5.56 Å². The van der Waals surface area contributed by atoms with Crippen LogP contribution in [0, 0.1) is 17.2 Å². The molecule has 10 nitrogen and oxygen atoms in total. The molecular formula is C20H24ClN5O5. The Labute approximate surface area is 181 Å². The van der Waals surface area contributed by atoms with Gasteiger partial charge in [-0.25, -0.2) is 32.9 Å². The van der Waals surface area contributed by atoms with E-state index in [-0.39, 0.29) is 5.56 Å².